The highest BCUT2D eigenvalue weighted by atomic mass is 16.1. The number of carbonyl (C=O) groups is 1. The fourth-order valence-electron chi connectivity index (χ4n) is 3.04. The summed E-state index contributed by atoms with van der Waals surface area (Å²) in [5.41, 5.74) is 4.26. The van der Waals surface area contributed by atoms with Gasteiger partial charge in [0.2, 0.25) is 0 Å². The van der Waals surface area contributed by atoms with Crippen molar-refractivity contribution in [1.29, 1.82) is 0 Å². The van der Waals surface area contributed by atoms with Crippen molar-refractivity contribution in [2.75, 3.05) is 0 Å². The molecule has 1 aliphatic carbocycles. The van der Waals surface area contributed by atoms with E-state index in [0.29, 0.717) is 6.04 Å². The molecule has 0 spiro atoms. The van der Waals surface area contributed by atoms with Crippen LogP contribution in [-0.2, 0) is 0 Å². The Morgan fingerprint density at radius 3 is 2.17 bits per heavy atom. The standard InChI is InChI=1S/C16H23NO/c1-11-9-12(2)15(13(3)10-11)16(18)17-14-7-5-4-6-8-14/h9-10,14H,4-8H2,1-3H3,(H,17,18). The van der Waals surface area contributed by atoms with E-state index >= 15 is 0 Å². The second-order valence-corrected chi connectivity index (χ2v) is 5.58. The van der Waals surface area contributed by atoms with Gasteiger partial charge in [0, 0.05) is 11.6 Å². The van der Waals surface area contributed by atoms with Crippen molar-refractivity contribution in [3.8, 4) is 0 Å². The van der Waals surface area contributed by atoms with Gasteiger partial charge >= 0.3 is 0 Å². The Kier molecular flexibility index (Phi) is 4.05. The predicted molar refractivity (Wildman–Crippen MR) is 75.0 cm³/mol. The van der Waals surface area contributed by atoms with E-state index in [-0.39, 0.29) is 5.91 Å². The van der Waals surface area contributed by atoms with E-state index in [1.807, 2.05) is 13.8 Å². The third-order valence-corrected chi connectivity index (χ3v) is 3.84. The molecule has 0 unspecified atom stereocenters. The Morgan fingerprint density at radius 2 is 1.61 bits per heavy atom. The molecule has 0 radical (unpaired) electrons. The number of aryl methyl sites for hydroxylation is 3. The van der Waals surface area contributed by atoms with Crippen molar-refractivity contribution in [2.24, 2.45) is 0 Å². The van der Waals surface area contributed by atoms with Crippen LogP contribution in [0.25, 0.3) is 0 Å². The van der Waals surface area contributed by atoms with Crippen molar-refractivity contribution < 1.29 is 4.79 Å². The van der Waals surface area contributed by atoms with Gasteiger partial charge in [-0.25, -0.2) is 0 Å². The molecule has 0 heterocycles. The highest BCUT2D eigenvalue weighted by Gasteiger charge is 2.19. The normalized spacial score (nSPS) is 16.6. The lowest BCUT2D eigenvalue weighted by Crippen LogP contribution is -2.36. The van der Waals surface area contributed by atoms with Gasteiger partial charge in [-0.1, -0.05) is 37.0 Å². The predicted octanol–water partition coefficient (Wildman–Crippen LogP) is 3.67. The average Bonchev–Trinajstić information content (AvgIpc) is 2.28. The summed E-state index contributed by atoms with van der Waals surface area (Å²) in [6.07, 6.45) is 6.08. The number of nitrogens with one attached hydrogen (secondary N) is 1. The van der Waals surface area contributed by atoms with E-state index in [1.165, 1.54) is 24.8 Å². The van der Waals surface area contributed by atoms with Crippen LogP contribution in [0.1, 0.15) is 59.2 Å². The summed E-state index contributed by atoms with van der Waals surface area (Å²) in [5, 5.41) is 3.20. The van der Waals surface area contributed by atoms with E-state index in [9.17, 15) is 4.79 Å². The molecular weight excluding hydrogens is 222 g/mol. The molecular formula is C16H23NO. The van der Waals surface area contributed by atoms with Gasteiger partial charge in [0.15, 0.2) is 0 Å². The molecule has 18 heavy (non-hydrogen) atoms. The van der Waals surface area contributed by atoms with Crippen LogP contribution < -0.4 is 5.32 Å². The number of hydrogen-bond acceptors (Lipinski definition) is 1. The molecule has 0 aromatic heterocycles. The number of rotatable bonds is 2. The Bertz CT molecular complexity index is 421. The van der Waals surface area contributed by atoms with Crippen molar-refractivity contribution in [1.82, 2.24) is 5.32 Å². The molecule has 0 saturated heterocycles. The largest absolute Gasteiger partial charge is 0.349 e. The van der Waals surface area contributed by atoms with Crippen LogP contribution in [0.4, 0.5) is 0 Å². The van der Waals surface area contributed by atoms with Crippen LogP contribution in [0.5, 0.6) is 0 Å². The zero-order valence-corrected chi connectivity index (χ0v) is 11.7. The third kappa shape index (κ3) is 2.92. The van der Waals surface area contributed by atoms with Crippen LogP contribution in [-0.4, -0.2) is 11.9 Å². The van der Waals surface area contributed by atoms with Crippen LogP contribution >= 0.6 is 0 Å². The topological polar surface area (TPSA) is 29.1 Å². The molecule has 2 heteroatoms. The van der Waals surface area contributed by atoms with Gasteiger partial charge < -0.3 is 5.32 Å². The van der Waals surface area contributed by atoms with E-state index in [1.54, 1.807) is 0 Å². The molecule has 1 aliphatic rings. The maximum Gasteiger partial charge on any atom is 0.252 e. The number of hydrogen-bond donors (Lipinski definition) is 1. The monoisotopic (exact) mass is 245 g/mol. The van der Waals surface area contributed by atoms with E-state index in [4.69, 9.17) is 0 Å². The molecule has 1 aromatic carbocycles. The molecule has 2 nitrogen and oxygen atoms in total. The van der Waals surface area contributed by atoms with Crippen LogP contribution in [0.2, 0.25) is 0 Å². The highest BCUT2D eigenvalue weighted by Crippen LogP contribution is 2.20. The lowest BCUT2D eigenvalue weighted by atomic mass is 9.94. The van der Waals surface area contributed by atoms with Gasteiger partial charge in [-0.15, -0.1) is 0 Å². The fourth-order valence-corrected chi connectivity index (χ4v) is 3.04. The first-order valence-corrected chi connectivity index (χ1v) is 6.96. The van der Waals surface area contributed by atoms with Crippen molar-refractivity contribution in [3.63, 3.8) is 0 Å². The molecule has 2 rings (SSSR count). The average molecular weight is 245 g/mol. The molecule has 1 saturated carbocycles. The lowest BCUT2D eigenvalue weighted by molar-refractivity contribution is 0.0926. The first kappa shape index (κ1) is 13.1. The molecule has 1 fully saturated rings. The smallest absolute Gasteiger partial charge is 0.252 e. The Labute approximate surface area is 110 Å². The van der Waals surface area contributed by atoms with Gasteiger partial charge in [-0.3, -0.25) is 4.79 Å². The summed E-state index contributed by atoms with van der Waals surface area (Å²) in [5.74, 6) is 0.108. The number of benzene rings is 1. The summed E-state index contributed by atoms with van der Waals surface area (Å²) in [6, 6.07) is 4.55. The fraction of sp³-hybridized carbons (Fsp3) is 0.562. The summed E-state index contributed by atoms with van der Waals surface area (Å²) >= 11 is 0. The lowest BCUT2D eigenvalue weighted by Gasteiger charge is -2.23. The van der Waals surface area contributed by atoms with Gasteiger partial charge in [0.1, 0.15) is 0 Å². The molecule has 1 amide bonds. The molecule has 0 atom stereocenters. The second-order valence-electron chi connectivity index (χ2n) is 5.58. The maximum atomic E-state index is 12.4. The van der Waals surface area contributed by atoms with Crippen molar-refractivity contribution in [3.05, 3.63) is 34.4 Å². The highest BCUT2D eigenvalue weighted by molar-refractivity contribution is 5.97. The molecule has 98 valence electrons. The minimum Gasteiger partial charge on any atom is -0.349 e. The summed E-state index contributed by atoms with van der Waals surface area (Å²) in [7, 11) is 0. The van der Waals surface area contributed by atoms with Gasteiger partial charge in [0.25, 0.3) is 5.91 Å². The first-order valence-electron chi connectivity index (χ1n) is 6.96. The van der Waals surface area contributed by atoms with E-state index in [2.05, 4.69) is 24.4 Å². The molecule has 0 bridgehead atoms. The Morgan fingerprint density at radius 1 is 1.06 bits per heavy atom. The number of amides is 1. The third-order valence-electron chi connectivity index (χ3n) is 3.84. The van der Waals surface area contributed by atoms with Crippen LogP contribution in [0, 0.1) is 20.8 Å². The number of carbonyl (C=O) groups excluding carboxylic acids is 1. The van der Waals surface area contributed by atoms with E-state index in [0.717, 1.165) is 29.5 Å². The van der Waals surface area contributed by atoms with Gasteiger partial charge in [-0.05, 0) is 44.7 Å². The second kappa shape index (κ2) is 5.55. The minimum absolute atomic E-state index is 0.108. The zero-order valence-electron chi connectivity index (χ0n) is 11.7. The molecule has 1 aromatic rings. The van der Waals surface area contributed by atoms with E-state index < -0.39 is 0 Å². The summed E-state index contributed by atoms with van der Waals surface area (Å²) in [4.78, 5) is 12.4. The zero-order chi connectivity index (χ0) is 13.1. The Balaban J connectivity index is 2.13. The molecule has 1 N–H and O–H groups in total. The summed E-state index contributed by atoms with van der Waals surface area (Å²) in [6.45, 7) is 6.12. The van der Waals surface area contributed by atoms with Crippen molar-refractivity contribution in [2.45, 2.75) is 58.9 Å². The van der Waals surface area contributed by atoms with Gasteiger partial charge in [0.05, 0.1) is 0 Å². The first-order chi connectivity index (χ1) is 8.58. The maximum absolute atomic E-state index is 12.4. The van der Waals surface area contributed by atoms with Crippen molar-refractivity contribution >= 4 is 5.91 Å². The Hall–Kier alpha value is -1.31. The summed E-state index contributed by atoms with van der Waals surface area (Å²) < 4.78 is 0. The molecule has 0 aliphatic heterocycles. The van der Waals surface area contributed by atoms with Crippen LogP contribution in [0.3, 0.4) is 0 Å². The van der Waals surface area contributed by atoms with Gasteiger partial charge in [-0.2, -0.15) is 0 Å². The quantitative estimate of drug-likeness (QED) is 0.846. The van der Waals surface area contributed by atoms with Crippen LogP contribution in [0.15, 0.2) is 12.1 Å². The SMILES string of the molecule is Cc1cc(C)c(C(=O)NC2CCCCC2)c(C)c1. The minimum atomic E-state index is 0.108.